The van der Waals surface area contributed by atoms with E-state index in [1.54, 1.807) is 6.92 Å². The molecule has 2 bridgehead atoms. The molecule has 0 aromatic carbocycles. The van der Waals surface area contributed by atoms with Gasteiger partial charge in [-0.25, -0.2) is 0 Å². The molecule has 0 aromatic rings. The van der Waals surface area contributed by atoms with E-state index < -0.39 is 5.97 Å². The van der Waals surface area contributed by atoms with Crippen LogP contribution in [0.15, 0.2) is 0 Å². The molecule has 0 aromatic heterocycles. The Labute approximate surface area is 78.1 Å². The Hall–Kier alpha value is -0.160. The lowest BCUT2D eigenvalue weighted by atomic mass is 9.90. The average molecular weight is 188 g/mol. The number of hydrogen-bond donors (Lipinski definition) is 0. The Morgan fingerprint density at radius 1 is 1.15 bits per heavy atom. The first-order chi connectivity index (χ1) is 6.18. The molecule has 3 aliphatic rings. The summed E-state index contributed by atoms with van der Waals surface area (Å²) in [6, 6.07) is 0. The van der Waals surface area contributed by atoms with Gasteiger partial charge in [0.2, 0.25) is 0 Å². The third kappa shape index (κ3) is 1.72. The molecule has 13 heavy (non-hydrogen) atoms. The Morgan fingerprint density at radius 2 is 1.69 bits per heavy atom. The molecule has 0 atom stereocenters. The minimum atomic E-state index is -0.798. The van der Waals surface area contributed by atoms with E-state index in [0.29, 0.717) is 26.4 Å². The van der Waals surface area contributed by atoms with Crippen LogP contribution in [0.1, 0.15) is 13.8 Å². The summed E-state index contributed by atoms with van der Waals surface area (Å²) in [6.45, 7) is 7.17. The highest BCUT2D eigenvalue weighted by atomic mass is 16.9. The second kappa shape index (κ2) is 3.20. The summed E-state index contributed by atoms with van der Waals surface area (Å²) < 4.78 is 21.7. The molecule has 0 amide bonds. The van der Waals surface area contributed by atoms with Crippen LogP contribution in [0.5, 0.6) is 0 Å². The smallest absolute Gasteiger partial charge is 0.279 e. The van der Waals surface area contributed by atoms with E-state index in [1.165, 1.54) is 0 Å². The van der Waals surface area contributed by atoms with Crippen LogP contribution in [-0.2, 0) is 18.9 Å². The summed E-state index contributed by atoms with van der Waals surface area (Å²) >= 11 is 0. The Balaban J connectivity index is 1.95. The van der Waals surface area contributed by atoms with Gasteiger partial charge < -0.3 is 18.9 Å². The molecular formula is C9H16O4. The zero-order valence-corrected chi connectivity index (χ0v) is 8.17. The van der Waals surface area contributed by atoms with Gasteiger partial charge in [-0.15, -0.1) is 0 Å². The van der Waals surface area contributed by atoms with Gasteiger partial charge in [-0.1, -0.05) is 0 Å². The van der Waals surface area contributed by atoms with Crippen molar-refractivity contribution in [3.05, 3.63) is 0 Å². The number of fused-ring (bicyclic) bond motifs is 3. The SMILES string of the molecule is CCOCC12COC(C)(OC1)OC2. The van der Waals surface area contributed by atoms with Gasteiger partial charge in [0.25, 0.3) is 5.97 Å². The maximum atomic E-state index is 5.44. The van der Waals surface area contributed by atoms with Crippen LogP contribution in [0, 0.1) is 5.41 Å². The molecular weight excluding hydrogens is 172 g/mol. The molecule has 0 saturated carbocycles. The zero-order valence-electron chi connectivity index (χ0n) is 8.17. The summed E-state index contributed by atoms with van der Waals surface area (Å²) in [6.07, 6.45) is 0. The Kier molecular flexibility index (Phi) is 2.32. The summed E-state index contributed by atoms with van der Waals surface area (Å²) in [5, 5.41) is 0. The molecule has 3 rings (SSSR count). The summed E-state index contributed by atoms with van der Waals surface area (Å²) in [4.78, 5) is 0. The van der Waals surface area contributed by atoms with Gasteiger partial charge >= 0.3 is 0 Å². The number of ether oxygens (including phenoxy) is 4. The van der Waals surface area contributed by atoms with Crippen molar-refractivity contribution in [3.63, 3.8) is 0 Å². The highest BCUT2D eigenvalue weighted by Gasteiger charge is 2.50. The molecule has 0 N–H and O–H groups in total. The van der Waals surface area contributed by atoms with Gasteiger partial charge in [0.1, 0.15) is 0 Å². The van der Waals surface area contributed by atoms with E-state index in [9.17, 15) is 0 Å². The van der Waals surface area contributed by atoms with Crippen LogP contribution < -0.4 is 0 Å². The van der Waals surface area contributed by atoms with E-state index in [0.717, 1.165) is 6.61 Å². The molecule has 76 valence electrons. The van der Waals surface area contributed by atoms with Crippen molar-refractivity contribution < 1.29 is 18.9 Å². The second-order valence-electron chi connectivity index (χ2n) is 3.87. The summed E-state index contributed by atoms with van der Waals surface area (Å²) in [5.74, 6) is -0.798. The first kappa shape index (κ1) is 9.40. The molecule has 4 heteroatoms. The van der Waals surface area contributed by atoms with Crippen molar-refractivity contribution in [1.82, 2.24) is 0 Å². The minimum Gasteiger partial charge on any atom is -0.381 e. The Morgan fingerprint density at radius 3 is 2.15 bits per heavy atom. The van der Waals surface area contributed by atoms with Crippen molar-refractivity contribution in [1.29, 1.82) is 0 Å². The topological polar surface area (TPSA) is 36.9 Å². The van der Waals surface area contributed by atoms with E-state index in [-0.39, 0.29) is 5.41 Å². The fourth-order valence-corrected chi connectivity index (χ4v) is 1.55. The van der Waals surface area contributed by atoms with Gasteiger partial charge in [0.15, 0.2) is 0 Å². The van der Waals surface area contributed by atoms with E-state index >= 15 is 0 Å². The van der Waals surface area contributed by atoms with Gasteiger partial charge in [0, 0.05) is 13.5 Å². The van der Waals surface area contributed by atoms with Crippen molar-refractivity contribution in [2.24, 2.45) is 5.41 Å². The van der Waals surface area contributed by atoms with Crippen LogP contribution in [0.3, 0.4) is 0 Å². The van der Waals surface area contributed by atoms with Crippen LogP contribution in [0.25, 0.3) is 0 Å². The summed E-state index contributed by atoms with van der Waals surface area (Å²) in [7, 11) is 0. The van der Waals surface area contributed by atoms with Crippen molar-refractivity contribution in [2.75, 3.05) is 33.0 Å². The third-order valence-electron chi connectivity index (χ3n) is 2.53. The van der Waals surface area contributed by atoms with Crippen molar-refractivity contribution in [2.45, 2.75) is 19.8 Å². The van der Waals surface area contributed by atoms with Gasteiger partial charge in [0.05, 0.1) is 31.8 Å². The highest BCUT2D eigenvalue weighted by Crippen LogP contribution is 2.37. The van der Waals surface area contributed by atoms with E-state index in [2.05, 4.69) is 0 Å². The van der Waals surface area contributed by atoms with E-state index in [4.69, 9.17) is 18.9 Å². The van der Waals surface area contributed by atoms with Crippen LogP contribution in [-0.4, -0.2) is 39.0 Å². The molecule has 0 aliphatic carbocycles. The quantitative estimate of drug-likeness (QED) is 0.655. The number of rotatable bonds is 3. The lowest BCUT2D eigenvalue weighted by Crippen LogP contribution is -2.60. The molecule has 0 radical (unpaired) electrons. The average Bonchev–Trinajstić information content (AvgIpc) is 2.18. The molecule has 3 saturated heterocycles. The second-order valence-corrected chi connectivity index (χ2v) is 3.87. The van der Waals surface area contributed by atoms with E-state index in [1.807, 2.05) is 6.92 Å². The zero-order chi connectivity index (χ0) is 9.36. The number of hydrogen-bond acceptors (Lipinski definition) is 4. The third-order valence-corrected chi connectivity index (χ3v) is 2.53. The van der Waals surface area contributed by atoms with Gasteiger partial charge in [-0.3, -0.25) is 0 Å². The largest absolute Gasteiger partial charge is 0.381 e. The summed E-state index contributed by atoms with van der Waals surface area (Å²) in [5.41, 5.74) is -0.0756. The first-order valence-electron chi connectivity index (χ1n) is 4.68. The monoisotopic (exact) mass is 188 g/mol. The Bertz CT molecular complexity index is 162. The molecule has 3 aliphatic heterocycles. The predicted octanol–water partition coefficient (Wildman–Crippen LogP) is 0.760. The first-order valence-corrected chi connectivity index (χ1v) is 4.68. The maximum absolute atomic E-state index is 5.44. The normalized spacial score (nSPS) is 43.8. The minimum absolute atomic E-state index is 0.0756. The lowest BCUT2D eigenvalue weighted by Gasteiger charge is -2.50. The molecule has 4 nitrogen and oxygen atoms in total. The molecule has 3 fully saturated rings. The highest BCUT2D eigenvalue weighted by molar-refractivity contribution is 4.86. The fourth-order valence-electron chi connectivity index (χ4n) is 1.55. The lowest BCUT2D eigenvalue weighted by molar-refractivity contribution is -0.462. The van der Waals surface area contributed by atoms with Crippen molar-refractivity contribution >= 4 is 0 Å². The maximum Gasteiger partial charge on any atom is 0.279 e. The molecule has 0 unspecified atom stereocenters. The molecule has 3 heterocycles. The van der Waals surface area contributed by atoms with Crippen LogP contribution >= 0.6 is 0 Å². The van der Waals surface area contributed by atoms with Gasteiger partial charge in [-0.2, -0.15) is 0 Å². The van der Waals surface area contributed by atoms with Crippen LogP contribution in [0.2, 0.25) is 0 Å². The molecule has 0 spiro atoms. The van der Waals surface area contributed by atoms with Gasteiger partial charge in [-0.05, 0) is 6.92 Å². The standard InChI is InChI=1S/C9H16O4/c1-3-10-4-9-5-11-8(2,12-6-9)13-7-9/h3-7H2,1-2H3. The fraction of sp³-hybridized carbons (Fsp3) is 1.00. The predicted molar refractivity (Wildman–Crippen MR) is 45.2 cm³/mol. The van der Waals surface area contributed by atoms with Crippen molar-refractivity contribution in [3.8, 4) is 0 Å². The van der Waals surface area contributed by atoms with Crippen LogP contribution in [0.4, 0.5) is 0 Å².